The number of hydrogen-bond donors (Lipinski definition) is 1. The molecule has 1 aliphatic carbocycles. The van der Waals surface area contributed by atoms with Gasteiger partial charge in [-0.2, -0.15) is 0 Å². The third-order valence-electron chi connectivity index (χ3n) is 2.87. The summed E-state index contributed by atoms with van der Waals surface area (Å²) in [5.74, 6) is 0.474. The SMILES string of the molecule is CC(O)CCCn1nnc(C=O)c1C1CC1. The number of hydrogen-bond acceptors (Lipinski definition) is 4. The van der Waals surface area contributed by atoms with E-state index in [9.17, 15) is 9.90 Å². The van der Waals surface area contributed by atoms with Gasteiger partial charge < -0.3 is 5.11 Å². The summed E-state index contributed by atoms with van der Waals surface area (Å²) in [4.78, 5) is 10.8. The van der Waals surface area contributed by atoms with Gasteiger partial charge in [0.05, 0.1) is 11.8 Å². The highest BCUT2D eigenvalue weighted by Crippen LogP contribution is 2.40. The van der Waals surface area contributed by atoms with E-state index in [0.717, 1.165) is 44.2 Å². The molecule has 1 unspecified atom stereocenters. The largest absolute Gasteiger partial charge is 0.393 e. The minimum Gasteiger partial charge on any atom is -0.393 e. The average Bonchev–Trinajstić information content (AvgIpc) is 3.00. The molecule has 0 bridgehead atoms. The number of nitrogens with zero attached hydrogens (tertiary/aromatic N) is 3. The van der Waals surface area contributed by atoms with Crippen molar-refractivity contribution in [3.05, 3.63) is 11.4 Å². The highest BCUT2D eigenvalue weighted by atomic mass is 16.3. The third-order valence-corrected chi connectivity index (χ3v) is 2.87. The Labute approximate surface area is 94.5 Å². The molecule has 1 saturated carbocycles. The van der Waals surface area contributed by atoms with Crippen LogP contribution in [0.2, 0.25) is 0 Å². The molecule has 0 amide bonds. The first-order valence-electron chi connectivity index (χ1n) is 5.79. The summed E-state index contributed by atoms with van der Waals surface area (Å²) in [7, 11) is 0. The molecule has 1 aromatic rings. The lowest BCUT2D eigenvalue weighted by Crippen LogP contribution is -2.08. The summed E-state index contributed by atoms with van der Waals surface area (Å²) in [5.41, 5.74) is 1.47. The lowest BCUT2D eigenvalue weighted by Gasteiger charge is -2.06. The van der Waals surface area contributed by atoms with Crippen molar-refractivity contribution in [1.82, 2.24) is 15.0 Å². The van der Waals surface area contributed by atoms with Crippen molar-refractivity contribution < 1.29 is 9.90 Å². The van der Waals surface area contributed by atoms with E-state index < -0.39 is 0 Å². The maximum absolute atomic E-state index is 10.8. The van der Waals surface area contributed by atoms with Gasteiger partial charge in [-0.05, 0) is 32.6 Å². The molecule has 0 saturated heterocycles. The Morgan fingerprint density at radius 2 is 2.38 bits per heavy atom. The maximum atomic E-state index is 10.8. The van der Waals surface area contributed by atoms with E-state index in [1.165, 1.54) is 0 Å². The summed E-state index contributed by atoms with van der Waals surface area (Å²) < 4.78 is 1.82. The third kappa shape index (κ3) is 2.47. The van der Waals surface area contributed by atoms with Crippen molar-refractivity contribution in [2.75, 3.05) is 0 Å². The second kappa shape index (κ2) is 4.74. The van der Waals surface area contributed by atoms with Crippen LogP contribution >= 0.6 is 0 Å². The van der Waals surface area contributed by atoms with Crippen LogP contribution in [0.3, 0.4) is 0 Å². The number of aromatic nitrogens is 3. The fourth-order valence-electron chi connectivity index (χ4n) is 1.90. The molecule has 0 radical (unpaired) electrons. The summed E-state index contributed by atoms with van der Waals surface area (Å²) >= 11 is 0. The maximum Gasteiger partial charge on any atom is 0.172 e. The van der Waals surface area contributed by atoms with Gasteiger partial charge in [0, 0.05) is 12.5 Å². The summed E-state index contributed by atoms with van der Waals surface area (Å²) in [5, 5.41) is 17.0. The summed E-state index contributed by atoms with van der Waals surface area (Å²) in [6.45, 7) is 2.51. The lowest BCUT2D eigenvalue weighted by atomic mass is 10.2. The van der Waals surface area contributed by atoms with Gasteiger partial charge >= 0.3 is 0 Å². The van der Waals surface area contributed by atoms with Crippen LogP contribution in [0.25, 0.3) is 0 Å². The van der Waals surface area contributed by atoms with E-state index in [0.29, 0.717) is 11.6 Å². The van der Waals surface area contributed by atoms with Crippen LogP contribution in [0.5, 0.6) is 0 Å². The van der Waals surface area contributed by atoms with Crippen molar-refractivity contribution in [3.8, 4) is 0 Å². The Hall–Kier alpha value is -1.23. The molecule has 5 heteroatoms. The monoisotopic (exact) mass is 223 g/mol. The highest BCUT2D eigenvalue weighted by Gasteiger charge is 2.30. The van der Waals surface area contributed by atoms with Crippen LogP contribution < -0.4 is 0 Å². The van der Waals surface area contributed by atoms with E-state index in [-0.39, 0.29) is 6.10 Å². The van der Waals surface area contributed by atoms with Gasteiger partial charge in [0.15, 0.2) is 6.29 Å². The van der Waals surface area contributed by atoms with Crippen LogP contribution in [0.4, 0.5) is 0 Å². The van der Waals surface area contributed by atoms with E-state index >= 15 is 0 Å². The molecular formula is C11H17N3O2. The molecule has 16 heavy (non-hydrogen) atoms. The molecule has 1 heterocycles. The fourth-order valence-corrected chi connectivity index (χ4v) is 1.90. The van der Waals surface area contributed by atoms with Crippen LogP contribution in [0, 0.1) is 0 Å². The van der Waals surface area contributed by atoms with E-state index in [2.05, 4.69) is 10.3 Å². The van der Waals surface area contributed by atoms with Crippen LogP contribution in [0.1, 0.15) is 54.7 Å². The zero-order chi connectivity index (χ0) is 11.5. The van der Waals surface area contributed by atoms with Gasteiger partial charge in [0.1, 0.15) is 5.69 Å². The average molecular weight is 223 g/mol. The Kier molecular flexibility index (Phi) is 3.33. The molecule has 1 fully saturated rings. The number of aliphatic hydroxyl groups is 1. The molecule has 2 rings (SSSR count). The molecule has 5 nitrogen and oxygen atoms in total. The van der Waals surface area contributed by atoms with Crippen LogP contribution in [-0.2, 0) is 6.54 Å². The number of aliphatic hydroxyl groups excluding tert-OH is 1. The Morgan fingerprint density at radius 3 is 2.94 bits per heavy atom. The van der Waals surface area contributed by atoms with Gasteiger partial charge in [-0.1, -0.05) is 5.21 Å². The topological polar surface area (TPSA) is 68.0 Å². The molecular weight excluding hydrogens is 206 g/mol. The molecule has 1 aliphatic rings. The molecule has 1 atom stereocenters. The van der Waals surface area contributed by atoms with Crippen molar-refractivity contribution >= 4 is 6.29 Å². The summed E-state index contributed by atoms with van der Waals surface area (Å²) in [6.07, 6.45) is 4.37. The molecule has 0 aliphatic heterocycles. The number of aldehydes is 1. The molecule has 88 valence electrons. The standard InChI is InChI=1S/C11H17N3O2/c1-8(16)3-2-6-14-11(9-4-5-9)10(7-15)12-13-14/h7-9,16H,2-6H2,1H3. The molecule has 1 aromatic heterocycles. The Bertz CT molecular complexity index is 369. The number of carbonyl (C=O) groups excluding carboxylic acids is 1. The predicted molar refractivity (Wildman–Crippen MR) is 58.3 cm³/mol. The normalized spacial score (nSPS) is 17.4. The highest BCUT2D eigenvalue weighted by molar-refractivity contribution is 5.73. The van der Waals surface area contributed by atoms with Gasteiger partial charge in [0.25, 0.3) is 0 Å². The Morgan fingerprint density at radius 1 is 1.62 bits per heavy atom. The van der Waals surface area contributed by atoms with Crippen molar-refractivity contribution in [2.45, 2.75) is 51.2 Å². The quantitative estimate of drug-likeness (QED) is 0.734. The van der Waals surface area contributed by atoms with Gasteiger partial charge in [-0.25, -0.2) is 4.68 Å². The van der Waals surface area contributed by atoms with E-state index in [4.69, 9.17) is 0 Å². The van der Waals surface area contributed by atoms with Gasteiger partial charge in [-0.15, -0.1) is 5.10 Å². The molecule has 0 aromatic carbocycles. The number of rotatable bonds is 6. The zero-order valence-electron chi connectivity index (χ0n) is 9.46. The molecule has 1 N–H and O–H groups in total. The fraction of sp³-hybridized carbons (Fsp3) is 0.727. The molecule has 0 spiro atoms. The van der Waals surface area contributed by atoms with Gasteiger partial charge in [-0.3, -0.25) is 4.79 Å². The van der Waals surface area contributed by atoms with E-state index in [1.54, 1.807) is 6.92 Å². The predicted octanol–water partition coefficient (Wildman–Crippen LogP) is 1.13. The number of carbonyl (C=O) groups is 1. The zero-order valence-corrected chi connectivity index (χ0v) is 9.46. The lowest BCUT2D eigenvalue weighted by molar-refractivity contribution is 0.111. The van der Waals surface area contributed by atoms with Crippen LogP contribution in [-0.4, -0.2) is 32.5 Å². The first kappa shape index (κ1) is 11.3. The summed E-state index contributed by atoms with van der Waals surface area (Å²) in [6, 6.07) is 0. The first-order chi connectivity index (χ1) is 7.72. The minimum atomic E-state index is -0.279. The number of aryl methyl sites for hydroxylation is 1. The second-order valence-corrected chi connectivity index (χ2v) is 4.47. The first-order valence-corrected chi connectivity index (χ1v) is 5.79. The van der Waals surface area contributed by atoms with Crippen molar-refractivity contribution in [1.29, 1.82) is 0 Å². The van der Waals surface area contributed by atoms with Gasteiger partial charge in [0.2, 0.25) is 0 Å². The van der Waals surface area contributed by atoms with E-state index in [1.807, 2.05) is 4.68 Å². The van der Waals surface area contributed by atoms with Crippen LogP contribution in [0.15, 0.2) is 0 Å². The minimum absolute atomic E-state index is 0.279. The second-order valence-electron chi connectivity index (χ2n) is 4.47. The Balaban J connectivity index is 2.02. The van der Waals surface area contributed by atoms with Crippen molar-refractivity contribution in [3.63, 3.8) is 0 Å². The van der Waals surface area contributed by atoms with Crippen molar-refractivity contribution in [2.24, 2.45) is 0 Å². The smallest absolute Gasteiger partial charge is 0.172 e.